The average Bonchev–Trinajstić information content (AvgIpc) is 3.05. The van der Waals surface area contributed by atoms with Gasteiger partial charge in [-0.1, -0.05) is 43.8 Å². The SMILES string of the molecule is CC(C)c1ccccc1-n1c(S[C@@H](C)C(N)=O)nnc1-c1cccnc1. The number of pyridine rings is 1. The predicted molar refractivity (Wildman–Crippen MR) is 103 cm³/mol. The van der Waals surface area contributed by atoms with Gasteiger partial charge in [-0.05, 0) is 36.6 Å². The molecule has 0 bridgehead atoms. The van der Waals surface area contributed by atoms with Crippen LogP contribution in [0.4, 0.5) is 0 Å². The lowest BCUT2D eigenvalue weighted by atomic mass is 10.0. The summed E-state index contributed by atoms with van der Waals surface area (Å²) in [5, 5.41) is 8.92. The van der Waals surface area contributed by atoms with Crippen molar-refractivity contribution in [1.82, 2.24) is 19.7 Å². The van der Waals surface area contributed by atoms with E-state index < -0.39 is 5.25 Å². The third kappa shape index (κ3) is 3.62. The molecule has 0 saturated heterocycles. The zero-order valence-corrected chi connectivity index (χ0v) is 15.8. The molecule has 2 N–H and O–H groups in total. The lowest BCUT2D eigenvalue weighted by Crippen LogP contribution is -2.23. The number of benzene rings is 1. The van der Waals surface area contributed by atoms with Crippen LogP contribution in [0.25, 0.3) is 17.1 Å². The molecular formula is C19H21N5OS. The van der Waals surface area contributed by atoms with Crippen LogP contribution in [0, 0.1) is 0 Å². The van der Waals surface area contributed by atoms with Gasteiger partial charge < -0.3 is 5.73 Å². The quantitative estimate of drug-likeness (QED) is 0.675. The Kier molecular flexibility index (Phi) is 5.37. The van der Waals surface area contributed by atoms with Crippen molar-refractivity contribution in [3.63, 3.8) is 0 Å². The third-order valence-corrected chi connectivity index (χ3v) is 5.10. The molecule has 2 heterocycles. The molecule has 0 radical (unpaired) electrons. The summed E-state index contributed by atoms with van der Waals surface area (Å²) in [6.07, 6.45) is 3.47. The minimum atomic E-state index is -0.411. The first-order valence-corrected chi connectivity index (χ1v) is 9.28. The zero-order chi connectivity index (χ0) is 18.7. The van der Waals surface area contributed by atoms with Crippen LogP contribution in [0.15, 0.2) is 53.9 Å². The van der Waals surface area contributed by atoms with Crippen LogP contribution in [-0.4, -0.2) is 30.9 Å². The van der Waals surface area contributed by atoms with Crippen LogP contribution >= 0.6 is 11.8 Å². The second kappa shape index (κ2) is 7.70. The summed E-state index contributed by atoms with van der Waals surface area (Å²) in [6, 6.07) is 11.9. The summed E-state index contributed by atoms with van der Waals surface area (Å²) in [5.41, 5.74) is 8.46. The van der Waals surface area contributed by atoms with Crippen molar-refractivity contribution >= 4 is 17.7 Å². The Hall–Kier alpha value is -2.67. The fraction of sp³-hybridized carbons (Fsp3) is 0.263. The van der Waals surface area contributed by atoms with Crippen LogP contribution in [0.5, 0.6) is 0 Å². The van der Waals surface area contributed by atoms with Gasteiger partial charge in [-0.2, -0.15) is 0 Å². The topological polar surface area (TPSA) is 86.7 Å². The van der Waals surface area contributed by atoms with Crippen molar-refractivity contribution in [2.75, 3.05) is 0 Å². The molecule has 0 aliphatic rings. The highest BCUT2D eigenvalue weighted by Gasteiger charge is 2.22. The fourth-order valence-corrected chi connectivity index (χ4v) is 3.45. The van der Waals surface area contributed by atoms with Crippen molar-refractivity contribution in [2.24, 2.45) is 5.73 Å². The van der Waals surface area contributed by atoms with Gasteiger partial charge in [0.25, 0.3) is 0 Å². The molecule has 0 aliphatic carbocycles. The summed E-state index contributed by atoms with van der Waals surface area (Å²) in [7, 11) is 0. The van der Waals surface area contributed by atoms with E-state index in [0.29, 0.717) is 16.9 Å². The monoisotopic (exact) mass is 367 g/mol. The van der Waals surface area contributed by atoms with E-state index in [0.717, 1.165) is 11.3 Å². The maximum atomic E-state index is 11.5. The number of carbonyl (C=O) groups excluding carboxylic acids is 1. The Balaban J connectivity index is 2.20. The number of hydrogen-bond donors (Lipinski definition) is 1. The van der Waals surface area contributed by atoms with Crippen molar-refractivity contribution in [3.05, 3.63) is 54.4 Å². The van der Waals surface area contributed by atoms with Gasteiger partial charge in [0.1, 0.15) is 0 Å². The molecule has 134 valence electrons. The van der Waals surface area contributed by atoms with Crippen molar-refractivity contribution in [1.29, 1.82) is 0 Å². The number of aromatic nitrogens is 4. The average molecular weight is 367 g/mol. The molecule has 0 spiro atoms. The molecular weight excluding hydrogens is 346 g/mol. The number of carbonyl (C=O) groups is 1. The van der Waals surface area contributed by atoms with Gasteiger partial charge in [0.15, 0.2) is 11.0 Å². The van der Waals surface area contributed by atoms with Crippen molar-refractivity contribution in [2.45, 2.75) is 37.1 Å². The zero-order valence-electron chi connectivity index (χ0n) is 15.0. The van der Waals surface area contributed by atoms with Crippen LogP contribution in [-0.2, 0) is 4.79 Å². The summed E-state index contributed by atoms with van der Waals surface area (Å²) >= 11 is 1.30. The van der Waals surface area contributed by atoms with E-state index in [1.807, 2.05) is 34.9 Å². The smallest absolute Gasteiger partial charge is 0.230 e. The number of nitrogens with two attached hydrogens (primary N) is 1. The Morgan fingerprint density at radius 1 is 1.12 bits per heavy atom. The van der Waals surface area contributed by atoms with Gasteiger partial charge in [-0.25, -0.2) is 0 Å². The number of hydrogen-bond acceptors (Lipinski definition) is 5. The third-order valence-electron chi connectivity index (χ3n) is 4.04. The molecule has 0 unspecified atom stereocenters. The van der Waals surface area contributed by atoms with E-state index >= 15 is 0 Å². The summed E-state index contributed by atoms with van der Waals surface area (Å²) < 4.78 is 1.98. The van der Waals surface area contributed by atoms with E-state index in [1.54, 1.807) is 19.3 Å². The first-order chi connectivity index (χ1) is 12.5. The lowest BCUT2D eigenvalue weighted by Gasteiger charge is -2.17. The molecule has 7 heteroatoms. The van der Waals surface area contributed by atoms with Gasteiger partial charge in [0.2, 0.25) is 5.91 Å². The van der Waals surface area contributed by atoms with E-state index in [-0.39, 0.29) is 5.91 Å². The minimum absolute atomic E-state index is 0.321. The normalized spacial score (nSPS) is 12.3. The summed E-state index contributed by atoms with van der Waals surface area (Å²) in [6.45, 7) is 6.06. The fourth-order valence-electron chi connectivity index (χ4n) is 2.64. The Bertz CT molecular complexity index is 907. The highest BCUT2D eigenvalue weighted by atomic mass is 32.2. The molecule has 0 aliphatic heterocycles. The van der Waals surface area contributed by atoms with Crippen molar-refractivity contribution < 1.29 is 4.79 Å². The molecule has 1 amide bonds. The maximum Gasteiger partial charge on any atom is 0.230 e. The van der Waals surface area contributed by atoms with Gasteiger partial charge in [0, 0.05) is 18.0 Å². The number of thioether (sulfide) groups is 1. The Morgan fingerprint density at radius 2 is 1.88 bits per heavy atom. The maximum absolute atomic E-state index is 11.5. The molecule has 3 rings (SSSR count). The predicted octanol–water partition coefficient (Wildman–Crippen LogP) is 3.42. The summed E-state index contributed by atoms with van der Waals surface area (Å²) in [4.78, 5) is 15.7. The van der Waals surface area contributed by atoms with E-state index in [4.69, 9.17) is 5.73 Å². The molecule has 0 fully saturated rings. The molecule has 26 heavy (non-hydrogen) atoms. The summed E-state index contributed by atoms with van der Waals surface area (Å²) in [5.74, 6) is 0.622. The number of amides is 1. The second-order valence-electron chi connectivity index (χ2n) is 6.26. The van der Waals surface area contributed by atoms with Crippen LogP contribution in [0.3, 0.4) is 0 Å². The minimum Gasteiger partial charge on any atom is -0.369 e. The van der Waals surface area contributed by atoms with Gasteiger partial charge in [-0.15, -0.1) is 10.2 Å². The van der Waals surface area contributed by atoms with Crippen molar-refractivity contribution in [3.8, 4) is 17.1 Å². The molecule has 3 aromatic rings. The second-order valence-corrected chi connectivity index (χ2v) is 7.57. The van der Waals surface area contributed by atoms with Crippen LogP contribution < -0.4 is 5.73 Å². The molecule has 1 aromatic carbocycles. The van der Waals surface area contributed by atoms with E-state index in [9.17, 15) is 4.79 Å². The number of para-hydroxylation sites is 1. The number of nitrogens with zero attached hydrogens (tertiary/aromatic N) is 4. The molecule has 1 atom stereocenters. The van der Waals surface area contributed by atoms with Gasteiger partial charge >= 0.3 is 0 Å². The Labute approximate surface area is 156 Å². The lowest BCUT2D eigenvalue weighted by molar-refractivity contribution is -0.117. The van der Waals surface area contributed by atoms with Gasteiger partial charge in [-0.3, -0.25) is 14.3 Å². The van der Waals surface area contributed by atoms with Crippen LogP contribution in [0.2, 0.25) is 0 Å². The highest BCUT2D eigenvalue weighted by Crippen LogP contribution is 2.33. The molecule has 6 nitrogen and oxygen atoms in total. The first-order valence-electron chi connectivity index (χ1n) is 8.40. The number of rotatable bonds is 6. The largest absolute Gasteiger partial charge is 0.369 e. The molecule has 2 aromatic heterocycles. The van der Waals surface area contributed by atoms with E-state index in [1.165, 1.54) is 17.3 Å². The molecule has 0 saturated carbocycles. The first kappa shape index (κ1) is 18.1. The van der Waals surface area contributed by atoms with Gasteiger partial charge in [0.05, 0.1) is 10.9 Å². The number of primary amides is 1. The standard InChI is InChI=1S/C19H21N5OS/c1-12(2)15-8-4-5-9-16(15)24-18(14-7-6-10-21-11-14)22-23-19(24)26-13(3)17(20)25/h4-13H,1-3H3,(H2,20,25)/t13-/m0/s1. The highest BCUT2D eigenvalue weighted by molar-refractivity contribution is 8.00. The van der Waals surface area contributed by atoms with E-state index in [2.05, 4.69) is 35.1 Å². The van der Waals surface area contributed by atoms with Crippen LogP contribution in [0.1, 0.15) is 32.3 Å². The Morgan fingerprint density at radius 3 is 2.54 bits per heavy atom.